The summed E-state index contributed by atoms with van der Waals surface area (Å²) in [5.41, 5.74) is 0. The summed E-state index contributed by atoms with van der Waals surface area (Å²) in [6.45, 7) is 5.69. The normalized spacial score (nSPS) is 19.1. The smallest absolute Gasteiger partial charge is 0.306 e. The van der Waals surface area contributed by atoms with Crippen molar-refractivity contribution in [2.75, 3.05) is 13.2 Å². The molecule has 0 aromatic carbocycles. The predicted octanol–water partition coefficient (Wildman–Crippen LogP) is 17.3. The van der Waals surface area contributed by atoms with Gasteiger partial charge in [0, 0.05) is 6.42 Å². The van der Waals surface area contributed by atoms with Crippen molar-refractivity contribution >= 4 is 11.9 Å². The zero-order valence-electron chi connectivity index (χ0n) is 53.3. The molecule has 0 aliphatic carbocycles. The van der Waals surface area contributed by atoms with E-state index in [1.165, 1.54) is 141 Å². The fourth-order valence-corrected chi connectivity index (χ4v) is 10.4. The number of carbonyl (C=O) groups excluding carboxylic acids is 2. The Morgan fingerprint density at radius 3 is 1.31 bits per heavy atom. The molecule has 83 heavy (non-hydrogen) atoms. The molecule has 1 heterocycles. The Balaban J connectivity index is 2.64. The highest BCUT2D eigenvalue weighted by molar-refractivity contribution is 5.80. The van der Waals surface area contributed by atoms with E-state index in [0.29, 0.717) is 12.8 Å². The van der Waals surface area contributed by atoms with Crippen LogP contribution < -0.4 is 5.32 Å². The van der Waals surface area contributed by atoms with Gasteiger partial charge in [-0.15, -0.1) is 0 Å². The molecule has 1 fully saturated rings. The van der Waals surface area contributed by atoms with Crippen molar-refractivity contribution in [2.24, 2.45) is 0 Å². The molecule has 1 amide bonds. The second-order valence-electron chi connectivity index (χ2n) is 23.5. The zero-order chi connectivity index (χ0) is 60.3. The van der Waals surface area contributed by atoms with Crippen LogP contribution in [0.25, 0.3) is 0 Å². The van der Waals surface area contributed by atoms with Gasteiger partial charge in [-0.25, -0.2) is 0 Å². The molecule has 0 spiro atoms. The standard InChI is InChI=1S/C72H127NO10/c1-4-7-10-13-16-19-22-25-27-29-31-32-33-35-36-38-41-44-47-50-53-56-59-65(76)71(80)73-63(64(75)58-55-52-49-46-43-40-24-21-18-15-12-9-6-3)62-81-72-70(69(79)68(78)66(61-74)82-72)83-67(77)60-57-54-51-48-45-42-39-37-34-30-28-26-23-20-17-14-11-8-5-2/h7,10,16,19,25-28,31-32,35-36,55,58,63-66,68-70,72,74-76,78-79H,4-6,8-9,11-15,17-18,20-24,29-30,33-34,37-54,56-57,59-62H2,1-3H3,(H,73,80)/b10-7-,19-16-,27-25-,28-26+,32-31-,36-35-,58-55+. The van der Waals surface area contributed by atoms with Crippen molar-refractivity contribution in [1.82, 2.24) is 5.32 Å². The van der Waals surface area contributed by atoms with Gasteiger partial charge in [0.2, 0.25) is 5.91 Å². The van der Waals surface area contributed by atoms with Gasteiger partial charge in [-0.3, -0.25) is 9.59 Å². The van der Waals surface area contributed by atoms with E-state index in [9.17, 15) is 35.1 Å². The van der Waals surface area contributed by atoms with Crippen LogP contribution in [0.2, 0.25) is 0 Å². The molecule has 0 aromatic rings. The number of hydrogen-bond acceptors (Lipinski definition) is 10. The molecule has 0 bridgehead atoms. The summed E-state index contributed by atoms with van der Waals surface area (Å²) in [5, 5.41) is 57.2. The van der Waals surface area contributed by atoms with E-state index in [0.717, 1.165) is 109 Å². The topological polar surface area (TPSA) is 175 Å². The summed E-state index contributed by atoms with van der Waals surface area (Å²) in [5.74, 6) is -1.21. The van der Waals surface area contributed by atoms with Gasteiger partial charge in [-0.1, -0.05) is 279 Å². The number of carbonyl (C=O) groups is 2. The number of esters is 1. The van der Waals surface area contributed by atoms with E-state index in [-0.39, 0.29) is 19.4 Å². The maximum Gasteiger partial charge on any atom is 0.306 e. The van der Waals surface area contributed by atoms with E-state index in [4.69, 9.17) is 14.2 Å². The van der Waals surface area contributed by atoms with Crippen molar-refractivity contribution < 1.29 is 49.3 Å². The van der Waals surface area contributed by atoms with Crippen molar-refractivity contribution in [1.29, 1.82) is 0 Å². The minimum atomic E-state index is -1.62. The van der Waals surface area contributed by atoms with E-state index < -0.39 is 67.4 Å². The molecule has 480 valence electrons. The van der Waals surface area contributed by atoms with Crippen LogP contribution in [0, 0.1) is 0 Å². The molecule has 1 aliphatic heterocycles. The van der Waals surface area contributed by atoms with E-state index in [1.807, 2.05) is 6.08 Å². The van der Waals surface area contributed by atoms with Crippen LogP contribution in [0.5, 0.6) is 0 Å². The Hall–Kier alpha value is -3.16. The minimum absolute atomic E-state index is 0.118. The number of amides is 1. The highest BCUT2D eigenvalue weighted by atomic mass is 16.7. The highest BCUT2D eigenvalue weighted by Gasteiger charge is 2.47. The highest BCUT2D eigenvalue weighted by Crippen LogP contribution is 2.26. The molecular weight excluding hydrogens is 1040 g/mol. The molecule has 1 saturated heterocycles. The first kappa shape index (κ1) is 77.9. The largest absolute Gasteiger partial charge is 0.454 e. The van der Waals surface area contributed by atoms with Crippen LogP contribution >= 0.6 is 0 Å². The maximum atomic E-state index is 13.5. The molecule has 1 rings (SSSR count). The van der Waals surface area contributed by atoms with Gasteiger partial charge in [0.05, 0.1) is 25.4 Å². The third-order valence-electron chi connectivity index (χ3n) is 15.8. The molecule has 11 heteroatoms. The molecule has 8 atom stereocenters. The Kier molecular flexibility index (Phi) is 55.5. The van der Waals surface area contributed by atoms with Crippen LogP contribution in [0.3, 0.4) is 0 Å². The first-order valence-electron chi connectivity index (χ1n) is 34.4. The van der Waals surface area contributed by atoms with E-state index >= 15 is 0 Å². The first-order chi connectivity index (χ1) is 40.7. The van der Waals surface area contributed by atoms with Gasteiger partial charge in [0.25, 0.3) is 0 Å². The molecular formula is C72H127NO10. The number of ether oxygens (including phenoxy) is 3. The van der Waals surface area contributed by atoms with Crippen molar-refractivity contribution in [3.05, 3.63) is 85.1 Å². The van der Waals surface area contributed by atoms with Crippen LogP contribution in [-0.2, 0) is 23.8 Å². The number of hydrogen-bond donors (Lipinski definition) is 6. The SMILES string of the molecule is CC/C=C\C/C=C\C/C=C\C/C=C\C/C=C\CCCCCCCCC(O)C(=O)NC(COC1OC(CO)C(O)C(O)C1OC(=O)CCCCCCCCCCC/C=C/CCCCCCCC)C(O)/C=C/CCCCCCCCCCCCC. The summed E-state index contributed by atoms with van der Waals surface area (Å²) < 4.78 is 17.7. The quantitative estimate of drug-likeness (QED) is 0.0195. The second kappa shape index (κ2) is 59.2. The number of nitrogens with one attached hydrogen (secondary N) is 1. The minimum Gasteiger partial charge on any atom is -0.454 e. The van der Waals surface area contributed by atoms with Crippen LogP contribution in [0.15, 0.2) is 85.1 Å². The van der Waals surface area contributed by atoms with Gasteiger partial charge in [-0.05, 0) is 96.3 Å². The fourth-order valence-electron chi connectivity index (χ4n) is 10.4. The number of unbranched alkanes of at least 4 members (excludes halogenated alkanes) is 32. The van der Waals surface area contributed by atoms with Gasteiger partial charge in [0.1, 0.15) is 24.4 Å². The first-order valence-corrected chi connectivity index (χ1v) is 34.4. The van der Waals surface area contributed by atoms with Gasteiger partial charge in [0.15, 0.2) is 12.4 Å². The lowest BCUT2D eigenvalue weighted by atomic mass is 9.99. The monoisotopic (exact) mass is 1170 g/mol. The summed E-state index contributed by atoms with van der Waals surface area (Å²) in [6.07, 6.45) is 67.5. The zero-order valence-corrected chi connectivity index (χ0v) is 53.3. The number of rotatable bonds is 58. The lowest BCUT2D eigenvalue weighted by Gasteiger charge is -2.41. The lowest BCUT2D eigenvalue weighted by Crippen LogP contribution is -2.61. The maximum absolute atomic E-state index is 13.5. The van der Waals surface area contributed by atoms with E-state index in [1.54, 1.807) is 6.08 Å². The van der Waals surface area contributed by atoms with Crippen molar-refractivity contribution in [3.8, 4) is 0 Å². The van der Waals surface area contributed by atoms with Crippen molar-refractivity contribution in [3.63, 3.8) is 0 Å². The molecule has 0 saturated carbocycles. The van der Waals surface area contributed by atoms with Crippen LogP contribution in [0.4, 0.5) is 0 Å². The summed E-state index contributed by atoms with van der Waals surface area (Å²) >= 11 is 0. The van der Waals surface area contributed by atoms with Gasteiger partial charge < -0.3 is 45.1 Å². The Labute approximate surface area is 508 Å². The number of allylic oxidation sites excluding steroid dienone is 13. The number of aliphatic hydroxyl groups is 5. The van der Waals surface area contributed by atoms with Gasteiger partial charge in [-0.2, -0.15) is 0 Å². The molecule has 1 aliphatic rings. The third-order valence-corrected chi connectivity index (χ3v) is 15.8. The third kappa shape index (κ3) is 46.7. The molecule has 8 unspecified atom stereocenters. The Morgan fingerprint density at radius 1 is 0.482 bits per heavy atom. The molecule has 11 nitrogen and oxygen atoms in total. The molecule has 6 N–H and O–H groups in total. The van der Waals surface area contributed by atoms with Crippen LogP contribution in [-0.4, -0.2) is 99.6 Å². The predicted molar refractivity (Wildman–Crippen MR) is 347 cm³/mol. The Morgan fingerprint density at radius 2 is 0.867 bits per heavy atom. The number of aliphatic hydroxyl groups excluding tert-OH is 5. The molecule has 0 aromatic heterocycles. The van der Waals surface area contributed by atoms with Crippen molar-refractivity contribution in [2.45, 2.75) is 346 Å². The fraction of sp³-hybridized carbons (Fsp3) is 0.778. The second-order valence-corrected chi connectivity index (χ2v) is 23.5. The summed E-state index contributed by atoms with van der Waals surface area (Å²) in [7, 11) is 0. The van der Waals surface area contributed by atoms with Crippen LogP contribution in [0.1, 0.15) is 297 Å². The van der Waals surface area contributed by atoms with E-state index in [2.05, 4.69) is 99.0 Å². The lowest BCUT2D eigenvalue weighted by molar-refractivity contribution is -0.305. The summed E-state index contributed by atoms with van der Waals surface area (Å²) in [4.78, 5) is 26.7. The summed E-state index contributed by atoms with van der Waals surface area (Å²) in [6, 6.07) is -1.04. The Bertz CT molecular complexity index is 1670. The average molecular weight is 1170 g/mol. The average Bonchev–Trinajstić information content (AvgIpc) is 3.54. The molecule has 0 radical (unpaired) electrons. The van der Waals surface area contributed by atoms with Gasteiger partial charge >= 0.3 is 5.97 Å².